The summed E-state index contributed by atoms with van der Waals surface area (Å²) in [5.74, 6) is 0.759. The number of rotatable bonds is 4. The Hall–Kier alpha value is -1.77. The minimum Gasteiger partial charge on any atom is -0.497 e. The number of benzene rings is 1. The Balaban J connectivity index is 2.48. The maximum atomic E-state index is 11.3. The van der Waals surface area contributed by atoms with Gasteiger partial charge in [0.15, 0.2) is 0 Å². The van der Waals surface area contributed by atoms with E-state index in [1.54, 1.807) is 13.2 Å². The third-order valence-electron chi connectivity index (χ3n) is 2.05. The summed E-state index contributed by atoms with van der Waals surface area (Å²) in [5, 5.41) is 2.81. The number of hydrogen-bond donors (Lipinski definition) is 1. The number of nitrogens with one attached hydrogen (secondary N) is 1. The zero-order chi connectivity index (χ0) is 12.0. The molecule has 0 spiro atoms. The molecule has 16 heavy (non-hydrogen) atoms. The first-order valence-corrected chi connectivity index (χ1v) is 5.17. The van der Waals surface area contributed by atoms with Gasteiger partial charge < -0.3 is 10.1 Å². The fourth-order valence-corrected chi connectivity index (χ4v) is 1.25. The maximum absolute atomic E-state index is 11.3. The Morgan fingerprint density at radius 1 is 1.31 bits per heavy atom. The first-order chi connectivity index (χ1) is 7.61. The van der Waals surface area contributed by atoms with Gasteiger partial charge in [0.05, 0.1) is 7.11 Å². The lowest BCUT2D eigenvalue weighted by molar-refractivity contribution is -0.116. The fourth-order valence-electron chi connectivity index (χ4n) is 1.25. The normalized spacial score (nSPS) is 9.44. The maximum Gasteiger partial charge on any atom is 0.244 e. The molecule has 0 aromatic heterocycles. The number of methoxy groups -OCH3 is 1. The molecule has 3 heteroatoms. The van der Waals surface area contributed by atoms with Gasteiger partial charge in [-0.25, -0.2) is 0 Å². The van der Waals surface area contributed by atoms with E-state index in [2.05, 4.69) is 5.32 Å². The van der Waals surface area contributed by atoms with E-state index in [1.807, 2.05) is 38.1 Å². The van der Waals surface area contributed by atoms with Gasteiger partial charge in [0.25, 0.3) is 0 Å². The Morgan fingerprint density at radius 3 is 2.44 bits per heavy atom. The van der Waals surface area contributed by atoms with Crippen LogP contribution in [0.5, 0.6) is 5.75 Å². The molecule has 0 saturated heterocycles. The second-order valence-corrected chi connectivity index (χ2v) is 3.79. The van der Waals surface area contributed by atoms with Crippen LogP contribution in [0.1, 0.15) is 19.4 Å². The van der Waals surface area contributed by atoms with Crippen LogP contribution in [-0.4, -0.2) is 13.0 Å². The number of amides is 1. The molecule has 1 aromatic rings. The lowest BCUT2D eigenvalue weighted by atomic mass is 10.2. The molecule has 1 N–H and O–H groups in total. The number of carbonyl (C=O) groups is 1. The molecule has 0 saturated carbocycles. The van der Waals surface area contributed by atoms with Gasteiger partial charge >= 0.3 is 0 Å². The lowest BCUT2D eigenvalue weighted by Gasteiger charge is -2.04. The summed E-state index contributed by atoms with van der Waals surface area (Å²) in [7, 11) is 1.63. The summed E-state index contributed by atoms with van der Waals surface area (Å²) < 4.78 is 5.05. The Bertz CT molecular complexity index is 375. The Kier molecular flexibility index (Phi) is 4.58. The number of carbonyl (C=O) groups excluding carboxylic acids is 1. The highest BCUT2D eigenvalue weighted by molar-refractivity contribution is 5.87. The van der Waals surface area contributed by atoms with Gasteiger partial charge in [0, 0.05) is 12.6 Å². The molecular formula is C13H17NO2. The first-order valence-electron chi connectivity index (χ1n) is 5.17. The molecular weight excluding hydrogens is 202 g/mol. The highest BCUT2D eigenvalue weighted by atomic mass is 16.5. The van der Waals surface area contributed by atoms with Crippen LogP contribution >= 0.6 is 0 Å². The van der Waals surface area contributed by atoms with E-state index in [0.29, 0.717) is 6.54 Å². The summed E-state index contributed by atoms with van der Waals surface area (Å²) in [6, 6.07) is 7.62. The number of hydrogen-bond acceptors (Lipinski definition) is 2. The second-order valence-electron chi connectivity index (χ2n) is 3.79. The van der Waals surface area contributed by atoms with Crippen LogP contribution in [0, 0.1) is 0 Å². The first kappa shape index (κ1) is 12.3. The molecule has 1 rings (SSSR count). The highest BCUT2D eigenvalue weighted by Crippen LogP contribution is 2.10. The third kappa shape index (κ3) is 4.17. The van der Waals surface area contributed by atoms with Crippen LogP contribution in [0.4, 0.5) is 0 Å². The van der Waals surface area contributed by atoms with Gasteiger partial charge in [-0.05, 0) is 31.5 Å². The van der Waals surface area contributed by atoms with E-state index < -0.39 is 0 Å². The Morgan fingerprint density at radius 2 is 1.94 bits per heavy atom. The summed E-state index contributed by atoms with van der Waals surface area (Å²) in [4.78, 5) is 11.3. The van der Waals surface area contributed by atoms with Crippen molar-refractivity contribution in [2.24, 2.45) is 0 Å². The predicted octanol–water partition coefficient (Wildman–Crippen LogP) is 2.28. The van der Waals surface area contributed by atoms with Crippen LogP contribution in [0.15, 0.2) is 35.9 Å². The van der Waals surface area contributed by atoms with Crippen LogP contribution < -0.4 is 10.1 Å². The topological polar surface area (TPSA) is 38.3 Å². The molecule has 0 unspecified atom stereocenters. The predicted molar refractivity (Wildman–Crippen MR) is 64.3 cm³/mol. The van der Waals surface area contributed by atoms with Gasteiger partial charge in [-0.1, -0.05) is 17.7 Å². The van der Waals surface area contributed by atoms with Gasteiger partial charge in [-0.2, -0.15) is 0 Å². The van der Waals surface area contributed by atoms with E-state index >= 15 is 0 Å². The van der Waals surface area contributed by atoms with Crippen molar-refractivity contribution in [2.75, 3.05) is 7.11 Å². The molecule has 0 fully saturated rings. The Labute approximate surface area is 96.1 Å². The third-order valence-corrected chi connectivity index (χ3v) is 2.05. The van der Waals surface area contributed by atoms with E-state index in [9.17, 15) is 4.79 Å². The van der Waals surface area contributed by atoms with Crippen molar-refractivity contribution < 1.29 is 9.53 Å². The molecule has 0 atom stereocenters. The van der Waals surface area contributed by atoms with Crippen molar-refractivity contribution in [3.63, 3.8) is 0 Å². The molecule has 86 valence electrons. The zero-order valence-electron chi connectivity index (χ0n) is 9.91. The van der Waals surface area contributed by atoms with Crippen molar-refractivity contribution in [1.82, 2.24) is 5.32 Å². The molecule has 0 aliphatic heterocycles. The minimum atomic E-state index is -0.0594. The standard InChI is InChI=1S/C13H17NO2/c1-10(2)8-13(15)14-9-11-4-6-12(16-3)7-5-11/h4-8H,9H2,1-3H3,(H,14,15). The van der Waals surface area contributed by atoms with Crippen LogP contribution in [0.25, 0.3) is 0 Å². The molecule has 0 bridgehead atoms. The van der Waals surface area contributed by atoms with Crippen molar-refractivity contribution in [3.8, 4) is 5.75 Å². The second kappa shape index (κ2) is 5.95. The molecule has 1 amide bonds. The molecule has 0 aliphatic rings. The molecule has 0 heterocycles. The molecule has 0 radical (unpaired) electrons. The summed E-state index contributed by atoms with van der Waals surface area (Å²) in [6.07, 6.45) is 1.59. The van der Waals surface area contributed by atoms with Crippen molar-refractivity contribution in [3.05, 3.63) is 41.5 Å². The smallest absolute Gasteiger partial charge is 0.244 e. The fraction of sp³-hybridized carbons (Fsp3) is 0.308. The van der Waals surface area contributed by atoms with Crippen molar-refractivity contribution >= 4 is 5.91 Å². The lowest BCUT2D eigenvalue weighted by Crippen LogP contribution is -2.20. The van der Waals surface area contributed by atoms with Crippen molar-refractivity contribution in [2.45, 2.75) is 20.4 Å². The molecule has 1 aromatic carbocycles. The summed E-state index contributed by atoms with van der Waals surface area (Å²) >= 11 is 0. The average molecular weight is 219 g/mol. The quantitative estimate of drug-likeness (QED) is 0.789. The number of allylic oxidation sites excluding steroid dienone is 1. The molecule has 0 aliphatic carbocycles. The van der Waals surface area contributed by atoms with Gasteiger partial charge in [0.1, 0.15) is 5.75 Å². The van der Waals surface area contributed by atoms with E-state index in [-0.39, 0.29) is 5.91 Å². The van der Waals surface area contributed by atoms with E-state index in [0.717, 1.165) is 16.9 Å². The highest BCUT2D eigenvalue weighted by Gasteiger charge is 1.97. The van der Waals surface area contributed by atoms with Crippen molar-refractivity contribution in [1.29, 1.82) is 0 Å². The average Bonchev–Trinajstić information content (AvgIpc) is 2.26. The summed E-state index contributed by atoms with van der Waals surface area (Å²) in [6.45, 7) is 4.33. The summed E-state index contributed by atoms with van der Waals surface area (Å²) in [5.41, 5.74) is 2.04. The van der Waals surface area contributed by atoms with Gasteiger partial charge in [-0.15, -0.1) is 0 Å². The van der Waals surface area contributed by atoms with Crippen LogP contribution in [0.3, 0.4) is 0 Å². The van der Waals surface area contributed by atoms with E-state index in [4.69, 9.17) is 4.74 Å². The largest absolute Gasteiger partial charge is 0.497 e. The minimum absolute atomic E-state index is 0.0594. The SMILES string of the molecule is COc1ccc(CNC(=O)C=C(C)C)cc1. The number of ether oxygens (including phenoxy) is 1. The van der Waals surface area contributed by atoms with Gasteiger partial charge in [0.2, 0.25) is 5.91 Å². The van der Waals surface area contributed by atoms with Gasteiger partial charge in [-0.3, -0.25) is 4.79 Å². The zero-order valence-corrected chi connectivity index (χ0v) is 9.91. The van der Waals surface area contributed by atoms with E-state index in [1.165, 1.54) is 0 Å². The van der Waals surface area contributed by atoms with Crippen LogP contribution in [-0.2, 0) is 11.3 Å². The molecule has 3 nitrogen and oxygen atoms in total. The monoisotopic (exact) mass is 219 g/mol. The van der Waals surface area contributed by atoms with Crippen LogP contribution in [0.2, 0.25) is 0 Å².